The Labute approximate surface area is 193 Å². The van der Waals surface area contributed by atoms with Gasteiger partial charge in [0.05, 0.1) is 11.4 Å². The highest BCUT2D eigenvalue weighted by Gasteiger charge is 2.28. The largest absolute Gasteiger partial charge is 0.366 e. The second-order valence-corrected chi connectivity index (χ2v) is 8.56. The number of anilines is 2. The van der Waals surface area contributed by atoms with Crippen LogP contribution in [0.25, 0.3) is 5.69 Å². The maximum absolute atomic E-state index is 13.0. The van der Waals surface area contributed by atoms with Crippen LogP contribution in [0.3, 0.4) is 0 Å². The number of benzene rings is 2. The molecule has 7 nitrogen and oxygen atoms in total. The fourth-order valence-corrected chi connectivity index (χ4v) is 4.52. The van der Waals surface area contributed by atoms with Crippen molar-refractivity contribution in [1.29, 1.82) is 0 Å². The number of nitrogens with zero attached hydrogens (tertiary/aromatic N) is 3. The SMILES string of the molecule is CCc1cccc(NC(=O)C2CCN(c3c(C)n(-c4ccccc4)c(=O)n(C)c3=O)CC2)c1. The summed E-state index contributed by atoms with van der Waals surface area (Å²) in [7, 11) is 1.51. The van der Waals surface area contributed by atoms with Crippen LogP contribution in [0, 0.1) is 12.8 Å². The molecule has 7 heteroatoms. The first-order valence-electron chi connectivity index (χ1n) is 11.4. The van der Waals surface area contributed by atoms with Gasteiger partial charge < -0.3 is 10.2 Å². The van der Waals surface area contributed by atoms with Crippen LogP contribution in [0.15, 0.2) is 64.2 Å². The number of amides is 1. The topological polar surface area (TPSA) is 76.3 Å². The molecule has 33 heavy (non-hydrogen) atoms. The summed E-state index contributed by atoms with van der Waals surface area (Å²) in [6.45, 7) is 5.06. The third-order valence-corrected chi connectivity index (χ3v) is 6.46. The van der Waals surface area contributed by atoms with Crippen molar-refractivity contribution in [3.63, 3.8) is 0 Å². The quantitative estimate of drug-likeness (QED) is 0.653. The molecule has 0 aliphatic carbocycles. The van der Waals surface area contributed by atoms with Crippen LogP contribution in [0.4, 0.5) is 11.4 Å². The van der Waals surface area contributed by atoms with Gasteiger partial charge in [-0.3, -0.25) is 18.7 Å². The Morgan fingerprint density at radius 2 is 1.73 bits per heavy atom. The van der Waals surface area contributed by atoms with Gasteiger partial charge in [-0.25, -0.2) is 4.79 Å². The molecule has 4 rings (SSSR count). The molecular weight excluding hydrogens is 416 g/mol. The van der Waals surface area contributed by atoms with Gasteiger partial charge in [-0.2, -0.15) is 0 Å². The van der Waals surface area contributed by atoms with Crippen molar-refractivity contribution >= 4 is 17.3 Å². The highest BCUT2D eigenvalue weighted by molar-refractivity contribution is 5.92. The van der Waals surface area contributed by atoms with Gasteiger partial charge in [0.15, 0.2) is 0 Å². The van der Waals surface area contributed by atoms with Crippen LogP contribution in [-0.4, -0.2) is 28.1 Å². The lowest BCUT2D eigenvalue weighted by molar-refractivity contribution is -0.120. The van der Waals surface area contributed by atoms with E-state index >= 15 is 0 Å². The molecular formula is C26H30N4O3. The molecule has 1 fully saturated rings. The molecule has 1 aliphatic rings. The summed E-state index contributed by atoms with van der Waals surface area (Å²) < 4.78 is 2.74. The maximum Gasteiger partial charge on any atom is 0.335 e. The lowest BCUT2D eigenvalue weighted by Crippen LogP contribution is -2.46. The Hall–Kier alpha value is -3.61. The van der Waals surface area contributed by atoms with E-state index in [9.17, 15) is 14.4 Å². The van der Waals surface area contributed by atoms with Gasteiger partial charge in [-0.05, 0) is 56.0 Å². The Morgan fingerprint density at radius 3 is 2.39 bits per heavy atom. The predicted octanol–water partition coefficient (Wildman–Crippen LogP) is 3.26. The number of carbonyl (C=O) groups excluding carboxylic acids is 1. The normalized spacial score (nSPS) is 14.3. The zero-order chi connectivity index (χ0) is 23.5. The van der Waals surface area contributed by atoms with Gasteiger partial charge in [0, 0.05) is 31.7 Å². The average Bonchev–Trinajstić information content (AvgIpc) is 2.84. The Bertz CT molecular complexity index is 1270. The van der Waals surface area contributed by atoms with Gasteiger partial charge in [0.1, 0.15) is 5.69 Å². The van der Waals surface area contributed by atoms with E-state index < -0.39 is 0 Å². The summed E-state index contributed by atoms with van der Waals surface area (Å²) in [5.74, 6) is -0.0995. The van der Waals surface area contributed by atoms with Gasteiger partial charge in [0.25, 0.3) is 5.56 Å². The first-order valence-corrected chi connectivity index (χ1v) is 11.4. The van der Waals surface area contributed by atoms with Crippen molar-refractivity contribution in [2.24, 2.45) is 13.0 Å². The third kappa shape index (κ3) is 4.49. The van der Waals surface area contributed by atoms with E-state index in [-0.39, 0.29) is 23.1 Å². The van der Waals surface area contributed by atoms with Crippen molar-refractivity contribution in [2.45, 2.75) is 33.1 Å². The van der Waals surface area contributed by atoms with Gasteiger partial charge in [-0.1, -0.05) is 37.3 Å². The lowest BCUT2D eigenvalue weighted by atomic mass is 9.95. The maximum atomic E-state index is 13.0. The first kappa shape index (κ1) is 22.6. The molecule has 1 amide bonds. The summed E-state index contributed by atoms with van der Waals surface area (Å²) in [4.78, 5) is 40.8. The number of rotatable bonds is 5. The zero-order valence-electron chi connectivity index (χ0n) is 19.4. The molecule has 0 spiro atoms. The lowest BCUT2D eigenvalue weighted by Gasteiger charge is -2.34. The molecule has 1 N–H and O–H groups in total. The predicted molar refractivity (Wildman–Crippen MR) is 131 cm³/mol. The molecule has 0 unspecified atom stereocenters. The minimum atomic E-state index is -0.365. The zero-order valence-corrected chi connectivity index (χ0v) is 19.4. The van der Waals surface area contributed by atoms with E-state index in [1.807, 2.05) is 66.4 Å². The number of hydrogen-bond acceptors (Lipinski definition) is 4. The summed E-state index contributed by atoms with van der Waals surface area (Å²) in [5.41, 5.74) is 3.20. The molecule has 0 radical (unpaired) electrons. The molecule has 2 heterocycles. The van der Waals surface area contributed by atoms with Crippen LogP contribution in [0.1, 0.15) is 31.0 Å². The van der Waals surface area contributed by atoms with Crippen molar-refractivity contribution < 1.29 is 4.79 Å². The monoisotopic (exact) mass is 446 g/mol. The molecule has 1 aromatic heterocycles. The molecule has 1 saturated heterocycles. The number of nitrogens with one attached hydrogen (secondary N) is 1. The highest BCUT2D eigenvalue weighted by Crippen LogP contribution is 2.25. The van der Waals surface area contributed by atoms with Gasteiger partial charge in [0.2, 0.25) is 5.91 Å². The van der Waals surface area contributed by atoms with Gasteiger partial charge >= 0.3 is 5.69 Å². The second kappa shape index (κ2) is 9.48. The van der Waals surface area contributed by atoms with Gasteiger partial charge in [-0.15, -0.1) is 0 Å². The molecule has 0 saturated carbocycles. The number of hydrogen-bond donors (Lipinski definition) is 1. The number of carbonyl (C=O) groups is 1. The van der Waals surface area contributed by atoms with Crippen LogP contribution >= 0.6 is 0 Å². The van der Waals surface area contributed by atoms with E-state index in [4.69, 9.17) is 0 Å². The van der Waals surface area contributed by atoms with Crippen molar-refractivity contribution in [1.82, 2.24) is 9.13 Å². The Morgan fingerprint density at radius 1 is 1.03 bits per heavy atom. The minimum Gasteiger partial charge on any atom is -0.366 e. The van der Waals surface area contributed by atoms with Crippen LogP contribution in [0.2, 0.25) is 0 Å². The second-order valence-electron chi connectivity index (χ2n) is 8.56. The smallest absolute Gasteiger partial charge is 0.335 e. The van der Waals surface area contributed by atoms with Crippen LogP contribution in [0.5, 0.6) is 0 Å². The highest BCUT2D eigenvalue weighted by atomic mass is 16.2. The summed E-state index contributed by atoms with van der Waals surface area (Å²) in [5, 5.41) is 3.04. The van der Waals surface area contributed by atoms with E-state index in [1.54, 1.807) is 4.57 Å². The molecule has 1 aliphatic heterocycles. The number of piperidine rings is 1. The van der Waals surface area contributed by atoms with Crippen LogP contribution in [-0.2, 0) is 18.3 Å². The van der Waals surface area contributed by atoms with E-state index in [0.717, 1.165) is 22.4 Å². The fourth-order valence-electron chi connectivity index (χ4n) is 4.52. The third-order valence-electron chi connectivity index (χ3n) is 6.46. The fraction of sp³-hybridized carbons (Fsp3) is 0.346. The van der Waals surface area contributed by atoms with Crippen molar-refractivity contribution in [3.8, 4) is 5.69 Å². The molecule has 172 valence electrons. The summed E-state index contributed by atoms with van der Waals surface area (Å²) in [6, 6.07) is 17.3. The summed E-state index contributed by atoms with van der Waals surface area (Å²) >= 11 is 0. The standard InChI is InChI=1S/C26H30N4O3/c1-4-19-9-8-10-21(17-19)27-24(31)20-13-15-29(16-14-20)23-18(2)30(22-11-6-5-7-12-22)26(33)28(3)25(23)32/h5-12,17,20H,4,13-16H2,1-3H3,(H,27,31). The Kier molecular flexibility index (Phi) is 6.49. The number of aryl methyl sites for hydroxylation is 1. The van der Waals surface area contributed by atoms with E-state index in [2.05, 4.69) is 12.2 Å². The van der Waals surface area contributed by atoms with E-state index in [0.29, 0.717) is 37.3 Å². The van der Waals surface area contributed by atoms with Crippen LogP contribution < -0.4 is 21.5 Å². The number of para-hydroxylation sites is 1. The Balaban J connectivity index is 1.54. The minimum absolute atomic E-state index is 0.0155. The molecule has 2 aromatic carbocycles. The molecule has 0 bridgehead atoms. The number of aromatic nitrogens is 2. The molecule has 0 atom stereocenters. The first-order chi connectivity index (χ1) is 15.9. The summed E-state index contributed by atoms with van der Waals surface area (Å²) in [6.07, 6.45) is 2.21. The van der Waals surface area contributed by atoms with Crippen molar-refractivity contribution in [3.05, 3.63) is 86.7 Å². The average molecular weight is 447 g/mol. The van der Waals surface area contributed by atoms with E-state index in [1.165, 1.54) is 12.6 Å². The van der Waals surface area contributed by atoms with Crippen molar-refractivity contribution in [2.75, 3.05) is 23.3 Å². The molecule has 3 aromatic rings.